The maximum atomic E-state index is 12.8. The summed E-state index contributed by atoms with van der Waals surface area (Å²) in [4.78, 5) is 37.9. The van der Waals surface area contributed by atoms with E-state index in [-0.39, 0.29) is 31.1 Å². The van der Waals surface area contributed by atoms with Gasteiger partial charge in [0.15, 0.2) is 6.10 Å². The van der Waals surface area contributed by atoms with E-state index in [0.717, 1.165) is 109 Å². The van der Waals surface area contributed by atoms with Crippen molar-refractivity contribution < 1.29 is 28.6 Å². The Kier molecular flexibility index (Phi) is 45.9. The Morgan fingerprint density at radius 2 is 0.661 bits per heavy atom. The number of allylic oxidation sites excluding steroid dienone is 8. The molecule has 0 saturated carbocycles. The second-order valence-electron chi connectivity index (χ2n) is 16.7. The number of carbonyl (C=O) groups is 3. The second kappa shape index (κ2) is 48.0. The fraction of sp³-hybridized carbons (Fsp3) is 0.792. The van der Waals surface area contributed by atoms with Crippen LogP contribution in [0, 0.1) is 0 Å². The summed E-state index contributed by atoms with van der Waals surface area (Å²) >= 11 is 0. The monoisotopic (exact) mass is 827 g/mol. The lowest BCUT2D eigenvalue weighted by atomic mass is 10.0. The predicted octanol–water partition coefficient (Wildman–Crippen LogP) is 16.3. The minimum atomic E-state index is -0.780. The number of ether oxygens (including phenoxy) is 3. The standard InChI is InChI=1S/C53H94O6/c1-4-7-10-13-16-19-22-25-27-29-31-34-37-40-43-46-52(55)58-49-50(48-57-51(54)45-42-39-36-33-30-24-21-18-15-12-9-6-3)59-53(56)47-44-41-38-35-32-28-26-23-20-17-14-11-8-5-2/h7,10,16,19,23,25-27,50H,4-6,8-9,11-15,17-18,20-22,24,28-49H2,1-3H3/b10-7-,19-16-,26-23-,27-25-/t50-/m1/s1. The first-order valence-electron chi connectivity index (χ1n) is 25.1. The molecular weight excluding hydrogens is 733 g/mol. The van der Waals surface area contributed by atoms with Gasteiger partial charge >= 0.3 is 17.9 Å². The van der Waals surface area contributed by atoms with Crippen molar-refractivity contribution in [3.63, 3.8) is 0 Å². The summed E-state index contributed by atoms with van der Waals surface area (Å²) in [7, 11) is 0. The lowest BCUT2D eigenvalue weighted by Crippen LogP contribution is -2.30. The summed E-state index contributed by atoms with van der Waals surface area (Å²) in [5.41, 5.74) is 0. The van der Waals surface area contributed by atoms with Crippen molar-refractivity contribution in [2.24, 2.45) is 0 Å². The lowest BCUT2D eigenvalue weighted by Gasteiger charge is -2.18. The zero-order chi connectivity index (χ0) is 43.0. The molecule has 0 amide bonds. The number of rotatable bonds is 45. The number of esters is 3. The van der Waals surface area contributed by atoms with Crippen molar-refractivity contribution in [3.05, 3.63) is 48.6 Å². The molecule has 59 heavy (non-hydrogen) atoms. The Morgan fingerprint density at radius 3 is 1.05 bits per heavy atom. The van der Waals surface area contributed by atoms with Crippen LogP contribution >= 0.6 is 0 Å². The summed E-state index contributed by atoms with van der Waals surface area (Å²) in [6.45, 7) is 6.50. The minimum Gasteiger partial charge on any atom is -0.462 e. The first-order chi connectivity index (χ1) is 29.0. The van der Waals surface area contributed by atoms with Crippen LogP contribution in [0.1, 0.15) is 252 Å². The molecular formula is C53H94O6. The van der Waals surface area contributed by atoms with Gasteiger partial charge in [0, 0.05) is 19.3 Å². The van der Waals surface area contributed by atoms with Crippen LogP contribution in [-0.4, -0.2) is 37.2 Å². The highest BCUT2D eigenvalue weighted by Gasteiger charge is 2.19. The first kappa shape index (κ1) is 56.4. The first-order valence-corrected chi connectivity index (χ1v) is 25.1. The summed E-state index contributed by atoms with van der Waals surface area (Å²) in [6, 6.07) is 0. The molecule has 0 aliphatic rings. The van der Waals surface area contributed by atoms with E-state index in [1.807, 2.05) is 0 Å². The van der Waals surface area contributed by atoms with Gasteiger partial charge in [0.25, 0.3) is 0 Å². The number of carbonyl (C=O) groups excluding carboxylic acids is 3. The molecule has 0 saturated heterocycles. The Labute approximate surface area is 365 Å². The summed E-state index contributed by atoms with van der Waals surface area (Å²) in [6.07, 6.45) is 56.6. The van der Waals surface area contributed by atoms with E-state index in [1.165, 1.54) is 103 Å². The molecule has 0 bridgehead atoms. The molecule has 0 aliphatic heterocycles. The number of hydrogen-bond donors (Lipinski definition) is 0. The van der Waals surface area contributed by atoms with Crippen LogP contribution in [0.15, 0.2) is 48.6 Å². The van der Waals surface area contributed by atoms with Gasteiger partial charge in [-0.15, -0.1) is 0 Å². The fourth-order valence-electron chi connectivity index (χ4n) is 7.04. The molecule has 0 N–H and O–H groups in total. The molecule has 6 heteroatoms. The van der Waals surface area contributed by atoms with E-state index >= 15 is 0 Å². The van der Waals surface area contributed by atoms with E-state index in [4.69, 9.17) is 14.2 Å². The van der Waals surface area contributed by atoms with Gasteiger partial charge in [-0.2, -0.15) is 0 Å². The summed E-state index contributed by atoms with van der Waals surface area (Å²) in [5, 5.41) is 0. The lowest BCUT2D eigenvalue weighted by molar-refractivity contribution is -0.167. The van der Waals surface area contributed by atoms with Crippen molar-refractivity contribution in [2.45, 2.75) is 258 Å². The molecule has 0 aromatic heterocycles. The molecule has 0 radical (unpaired) electrons. The van der Waals surface area contributed by atoms with Crippen molar-refractivity contribution in [1.29, 1.82) is 0 Å². The largest absolute Gasteiger partial charge is 0.462 e. The van der Waals surface area contributed by atoms with Gasteiger partial charge in [0.05, 0.1) is 0 Å². The maximum Gasteiger partial charge on any atom is 0.306 e. The molecule has 342 valence electrons. The Morgan fingerprint density at radius 1 is 0.356 bits per heavy atom. The molecule has 0 fully saturated rings. The van der Waals surface area contributed by atoms with Crippen molar-refractivity contribution in [2.75, 3.05) is 13.2 Å². The molecule has 1 atom stereocenters. The Hall–Kier alpha value is -2.63. The average molecular weight is 827 g/mol. The van der Waals surface area contributed by atoms with Crippen molar-refractivity contribution in [1.82, 2.24) is 0 Å². The SMILES string of the molecule is CC/C=C\C/C=C\C/C=C\CCCCCCCC(=O)OC[C@@H](COC(=O)CCCCCCCCCCCCCC)OC(=O)CCCCCCC/C=C\CCCCCCC. The molecule has 6 nitrogen and oxygen atoms in total. The van der Waals surface area contributed by atoms with E-state index in [9.17, 15) is 14.4 Å². The van der Waals surface area contributed by atoms with Crippen molar-refractivity contribution in [3.8, 4) is 0 Å². The maximum absolute atomic E-state index is 12.8. The fourth-order valence-corrected chi connectivity index (χ4v) is 7.04. The molecule has 0 heterocycles. The Bertz CT molecular complexity index is 1040. The van der Waals surface area contributed by atoms with Crippen LogP contribution in [0.3, 0.4) is 0 Å². The van der Waals surface area contributed by atoms with Crippen LogP contribution < -0.4 is 0 Å². The van der Waals surface area contributed by atoms with Gasteiger partial charge in [0.1, 0.15) is 13.2 Å². The quantitative estimate of drug-likeness (QED) is 0.0263. The van der Waals surface area contributed by atoms with E-state index in [1.54, 1.807) is 0 Å². The van der Waals surface area contributed by atoms with Crippen LogP contribution in [0.25, 0.3) is 0 Å². The number of hydrogen-bond acceptors (Lipinski definition) is 6. The van der Waals surface area contributed by atoms with E-state index < -0.39 is 6.10 Å². The minimum absolute atomic E-state index is 0.0800. The molecule has 0 aromatic carbocycles. The summed E-state index contributed by atoms with van der Waals surface area (Å²) in [5.74, 6) is -0.901. The van der Waals surface area contributed by atoms with Gasteiger partial charge < -0.3 is 14.2 Å². The molecule has 0 spiro atoms. The summed E-state index contributed by atoms with van der Waals surface area (Å²) < 4.78 is 16.8. The smallest absolute Gasteiger partial charge is 0.306 e. The van der Waals surface area contributed by atoms with E-state index in [2.05, 4.69) is 69.4 Å². The van der Waals surface area contributed by atoms with Gasteiger partial charge in [-0.3, -0.25) is 14.4 Å². The topological polar surface area (TPSA) is 78.9 Å². The highest BCUT2D eigenvalue weighted by molar-refractivity contribution is 5.71. The highest BCUT2D eigenvalue weighted by atomic mass is 16.6. The zero-order valence-corrected chi connectivity index (χ0v) is 39.0. The molecule has 0 rings (SSSR count). The normalized spacial score (nSPS) is 12.4. The third-order valence-corrected chi connectivity index (χ3v) is 10.8. The van der Waals surface area contributed by atoms with Crippen LogP contribution in [0.2, 0.25) is 0 Å². The third kappa shape index (κ3) is 46.3. The number of unbranched alkanes of at least 4 members (excludes halogenated alkanes) is 26. The predicted molar refractivity (Wildman–Crippen MR) is 252 cm³/mol. The molecule has 0 unspecified atom stereocenters. The van der Waals surface area contributed by atoms with Crippen LogP contribution in [-0.2, 0) is 28.6 Å². The van der Waals surface area contributed by atoms with Gasteiger partial charge in [-0.1, -0.05) is 204 Å². The average Bonchev–Trinajstić information content (AvgIpc) is 3.23. The zero-order valence-electron chi connectivity index (χ0n) is 39.0. The van der Waals surface area contributed by atoms with Crippen molar-refractivity contribution >= 4 is 17.9 Å². The Balaban J connectivity index is 4.40. The van der Waals surface area contributed by atoms with Crippen LogP contribution in [0.5, 0.6) is 0 Å². The molecule has 0 aromatic rings. The second-order valence-corrected chi connectivity index (χ2v) is 16.7. The molecule has 0 aliphatic carbocycles. The van der Waals surface area contributed by atoms with Gasteiger partial charge in [0.2, 0.25) is 0 Å². The van der Waals surface area contributed by atoms with Crippen LogP contribution in [0.4, 0.5) is 0 Å². The third-order valence-electron chi connectivity index (χ3n) is 10.8. The van der Waals surface area contributed by atoms with Gasteiger partial charge in [-0.25, -0.2) is 0 Å². The van der Waals surface area contributed by atoms with E-state index in [0.29, 0.717) is 19.3 Å². The highest BCUT2D eigenvalue weighted by Crippen LogP contribution is 2.15. The van der Waals surface area contributed by atoms with Gasteiger partial charge in [-0.05, 0) is 77.0 Å².